The lowest BCUT2D eigenvalue weighted by Gasteiger charge is -2.20. The topological polar surface area (TPSA) is 117 Å². The maximum atomic E-state index is 12.6. The van der Waals surface area contributed by atoms with Gasteiger partial charge in [-0.2, -0.15) is 0 Å². The summed E-state index contributed by atoms with van der Waals surface area (Å²) in [4.78, 5) is 22.5. The number of phosphoric ester groups is 1. The average Bonchev–Trinajstić information content (AvgIpc) is 3.17. The van der Waals surface area contributed by atoms with Crippen LogP contribution in [0.15, 0.2) is 72.9 Å². The van der Waals surface area contributed by atoms with E-state index < -0.39 is 13.9 Å². The summed E-state index contributed by atoms with van der Waals surface area (Å²) in [5.74, 6) is -0.347. The standard InChI is InChI=1S/C46H82NO7P/c1-3-5-7-9-11-13-15-17-18-19-20-21-22-23-24-25-26-27-29-31-33-35-37-39-46(48)54-45(44-53-55(49,50)52-42-40-47)43-51-41-38-36-34-32-30-28-16-14-12-10-8-6-4-2/h5,7,11-14,17-18,20-21,23-24,45H,3-4,6,8-10,15-16,19,22,25-44,47H2,1-2H3,(H,49,50)/b7-5-,13-11-,14-12-,18-17-,21-20-,24-23-. The maximum Gasteiger partial charge on any atom is 0.472 e. The Morgan fingerprint density at radius 1 is 0.564 bits per heavy atom. The van der Waals surface area contributed by atoms with E-state index in [1.54, 1.807) is 0 Å². The van der Waals surface area contributed by atoms with Crippen LogP contribution in [0.25, 0.3) is 0 Å². The molecule has 2 atom stereocenters. The molecule has 0 saturated carbocycles. The lowest BCUT2D eigenvalue weighted by molar-refractivity contribution is -0.154. The fourth-order valence-electron chi connectivity index (χ4n) is 5.66. The number of allylic oxidation sites excluding steroid dienone is 12. The number of phosphoric acid groups is 1. The lowest BCUT2D eigenvalue weighted by Crippen LogP contribution is -2.28. The van der Waals surface area contributed by atoms with E-state index in [0.29, 0.717) is 13.0 Å². The summed E-state index contributed by atoms with van der Waals surface area (Å²) >= 11 is 0. The smallest absolute Gasteiger partial charge is 0.457 e. The molecule has 0 aromatic rings. The van der Waals surface area contributed by atoms with Crippen LogP contribution in [-0.4, -0.2) is 49.9 Å². The van der Waals surface area contributed by atoms with Gasteiger partial charge in [0.25, 0.3) is 0 Å². The molecular formula is C46H82NO7P. The van der Waals surface area contributed by atoms with Crippen molar-refractivity contribution >= 4 is 13.8 Å². The second-order valence-corrected chi connectivity index (χ2v) is 15.6. The van der Waals surface area contributed by atoms with Crippen LogP contribution in [0, 0.1) is 0 Å². The number of ether oxygens (including phenoxy) is 2. The molecule has 0 radical (unpaired) electrons. The number of carbonyl (C=O) groups excluding carboxylic acids is 1. The predicted molar refractivity (Wildman–Crippen MR) is 233 cm³/mol. The number of rotatable bonds is 41. The quantitative estimate of drug-likeness (QED) is 0.0272. The van der Waals surface area contributed by atoms with Crippen molar-refractivity contribution in [1.82, 2.24) is 0 Å². The van der Waals surface area contributed by atoms with E-state index in [2.05, 4.69) is 86.8 Å². The number of hydrogen-bond acceptors (Lipinski definition) is 7. The second kappa shape index (κ2) is 43.1. The van der Waals surface area contributed by atoms with Gasteiger partial charge in [-0.25, -0.2) is 4.57 Å². The van der Waals surface area contributed by atoms with Crippen molar-refractivity contribution in [1.29, 1.82) is 0 Å². The van der Waals surface area contributed by atoms with E-state index in [0.717, 1.165) is 77.0 Å². The molecule has 0 aliphatic rings. The Labute approximate surface area is 337 Å². The molecule has 0 saturated heterocycles. The Hall–Kier alpha value is -2.06. The molecule has 0 bridgehead atoms. The van der Waals surface area contributed by atoms with E-state index >= 15 is 0 Å². The summed E-state index contributed by atoms with van der Waals surface area (Å²) in [6.07, 6.45) is 53.4. The van der Waals surface area contributed by atoms with Gasteiger partial charge >= 0.3 is 13.8 Å². The first-order valence-electron chi connectivity index (χ1n) is 21.9. The molecule has 0 spiro atoms. The molecule has 0 aliphatic carbocycles. The van der Waals surface area contributed by atoms with E-state index in [1.165, 1.54) is 77.0 Å². The fourth-order valence-corrected chi connectivity index (χ4v) is 6.43. The van der Waals surface area contributed by atoms with Crippen LogP contribution in [-0.2, 0) is 27.9 Å². The van der Waals surface area contributed by atoms with Gasteiger partial charge in [-0.3, -0.25) is 13.8 Å². The van der Waals surface area contributed by atoms with Crippen molar-refractivity contribution in [3.63, 3.8) is 0 Å². The molecule has 3 N–H and O–H groups in total. The van der Waals surface area contributed by atoms with Gasteiger partial charge in [-0.1, -0.05) is 157 Å². The summed E-state index contributed by atoms with van der Waals surface area (Å²) in [6.45, 7) is 4.74. The van der Waals surface area contributed by atoms with Crippen molar-refractivity contribution in [2.45, 2.75) is 180 Å². The summed E-state index contributed by atoms with van der Waals surface area (Å²) in [6, 6.07) is 0. The van der Waals surface area contributed by atoms with Crippen molar-refractivity contribution in [2.24, 2.45) is 5.73 Å². The van der Waals surface area contributed by atoms with Crippen LogP contribution in [0.3, 0.4) is 0 Å². The van der Waals surface area contributed by atoms with Gasteiger partial charge < -0.3 is 20.1 Å². The maximum absolute atomic E-state index is 12.6. The second-order valence-electron chi connectivity index (χ2n) is 14.2. The van der Waals surface area contributed by atoms with Crippen molar-refractivity contribution < 1.29 is 32.8 Å². The first-order chi connectivity index (χ1) is 26.9. The minimum absolute atomic E-state index is 0.0940. The van der Waals surface area contributed by atoms with Crippen LogP contribution in [0.4, 0.5) is 0 Å². The zero-order valence-electron chi connectivity index (χ0n) is 35.1. The Balaban J connectivity index is 4.05. The summed E-state index contributed by atoms with van der Waals surface area (Å²) < 4.78 is 33.4. The highest BCUT2D eigenvalue weighted by molar-refractivity contribution is 7.47. The van der Waals surface area contributed by atoms with Crippen molar-refractivity contribution in [2.75, 3.05) is 33.0 Å². The molecule has 318 valence electrons. The van der Waals surface area contributed by atoms with Gasteiger partial charge in [-0.05, 0) is 83.5 Å². The van der Waals surface area contributed by atoms with Gasteiger partial charge in [-0.15, -0.1) is 0 Å². The van der Waals surface area contributed by atoms with Gasteiger partial charge in [0, 0.05) is 19.6 Å². The minimum Gasteiger partial charge on any atom is -0.457 e. The molecule has 0 rings (SSSR count). The largest absolute Gasteiger partial charge is 0.472 e. The molecule has 0 aliphatic heterocycles. The molecule has 8 nitrogen and oxygen atoms in total. The number of unbranched alkanes of at least 4 members (excludes halogenated alkanes) is 16. The third-order valence-corrected chi connectivity index (χ3v) is 9.84. The molecule has 9 heteroatoms. The van der Waals surface area contributed by atoms with Gasteiger partial charge in [0.15, 0.2) is 0 Å². The highest BCUT2D eigenvalue weighted by atomic mass is 31.2. The van der Waals surface area contributed by atoms with E-state index in [4.69, 9.17) is 24.3 Å². The van der Waals surface area contributed by atoms with Crippen molar-refractivity contribution in [3.8, 4) is 0 Å². The fraction of sp³-hybridized carbons (Fsp3) is 0.717. The molecule has 55 heavy (non-hydrogen) atoms. The Kier molecular flexibility index (Phi) is 41.5. The average molecular weight is 792 g/mol. The van der Waals surface area contributed by atoms with Crippen LogP contribution >= 0.6 is 7.82 Å². The molecule has 0 aromatic heterocycles. The van der Waals surface area contributed by atoms with Crippen LogP contribution < -0.4 is 5.73 Å². The van der Waals surface area contributed by atoms with Gasteiger partial charge in [0.05, 0.1) is 19.8 Å². The van der Waals surface area contributed by atoms with E-state index in [1.807, 2.05) is 0 Å². The third kappa shape index (κ3) is 42.9. The first kappa shape index (κ1) is 52.9. The van der Waals surface area contributed by atoms with Crippen LogP contribution in [0.2, 0.25) is 0 Å². The first-order valence-corrected chi connectivity index (χ1v) is 23.4. The highest BCUT2D eigenvalue weighted by Crippen LogP contribution is 2.43. The van der Waals surface area contributed by atoms with Gasteiger partial charge in [0.1, 0.15) is 6.10 Å². The number of nitrogens with two attached hydrogens (primary N) is 1. The Bertz CT molecular complexity index is 1070. The van der Waals surface area contributed by atoms with E-state index in [-0.39, 0.29) is 32.3 Å². The zero-order chi connectivity index (χ0) is 40.2. The monoisotopic (exact) mass is 792 g/mol. The Morgan fingerprint density at radius 2 is 1.02 bits per heavy atom. The molecule has 0 aromatic carbocycles. The number of hydrogen-bond donors (Lipinski definition) is 2. The normalized spacial score (nSPS) is 14.2. The SMILES string of the molecule is CC/C=C\C/C=C\C/C=C\C/C=C\C/C=C\CCCCCCCCCC(=O)OC(COCCCCCCCC/C=C\CCCCC)COP(=O)(O)OCCN. The molecular weight excluding hydrogens is 709 g/mol. The van der Waals surface area contributed by atoms with Gasteiger partial charge in [0.2, 0.25) is 0 Å². The Morgan fingerprint density at radius 3 is 1.55 bits per heavy atom. The summed E-state index contributed by atoms with van der Waals surface area (Å²) in [5.41, 5.74) is 5.37. The summed E-state index contributed by atoms with van der Waals surface area (Å²) in [7, 11) is -4.28. The van der Waals surface area contributed by atoms with Crippen LogP contribution in [0.5, 0.6) is 0 Å². The molecule has 0 fully saturated rings. The highest BCUT2D eigenvalue weighted by Gasteiger charge is 2.25. The van der Waals surface area contributed by atoms with E-state index in [9.17, 15) is 14.3 Å². The lowest BCUT2D eigenvalue weighted by atomic mass is 10.1. The predicted octanol–water partition coefficient (Wildman–Crippen LogP) is 13.1. The number of esters is 1. The molecule has 0 heterocycles. The third-order valence-electron chi connectivity index (χ3n) is 8.86. The minimum atomic E-state index is -4.28. The molecule has 2 unspecified atom stereocenters. The zero-order valence-corrected chi connectivity index (χ0v) is 36.0. The van der Waals surface area contributed by atoms with Crippen LogP contribution in [0.1, 0.15) is 174 Å². The number of carbonyl (C=O) groups is 1. The summed E-state index contributed by atoms with van der Waals surface area (Å²) in [5, 5.41) is 0. The van der Waals surface area contributed by atoms with Crippen molar-refractivity contribution in [3.05, 3.63) is 72.9 Å². The molecule has 0 amide bonds.